The average molecular weight is 275 g/mol. The fourth-order valence-electron chi connectivity index (χ4n) is 0.289. The maximum absolute atomic E-state index is 8.77. The molecule has 34 valence electrons. The molecule has 1 unspecified atom stereocenters. The van der Waals surface area contributed by atoms with Crippen LogP contribution in [0.5, 0.6) is 0 Å². The predicted octanol–water partition coefficient (Wildman–Crippen LogP) is 0.845. The van der Waals surface area contributed by atoms with Gasteiger partial charge in [0, 0.05) is 0 Å². The van der Waals surface area contributed by atoms with E-state index in [-0.39, 0.29) is 3.61 Å². The molecule has 1 N–H and O–H groups in total. The van der Waals surface area contributed by atoms with Crippen LogP contribution in [0.1, 0.15) is 13.3 Å². The van der Waals surface area contributed by atoms with Crippen molar-refractivity contribution in [2.24, 2.45) is 0 Å². The Kier molecular flexibility index (Phi) is 4.67. The molecule has 0 aliphatic rings. The van der Waals surface area contributed by atoms with Crippen LogP contribution in [-0.2, 0) is 24.6 Å². The van der Waals surface area contributed by atoms with Gasteiger partial charge in [-0.25, -0.2) is 0 Å². The summed E-state index contributed by atoms with van der Waals surface area (Å²) in [5, 5.41) is 8.77. The van der Waals surface area contributed by atoms with E-state index in [1.807, 2.05) is 6.92 Å². The van der Waals surface area contributed by atoms with E-state index in [9.17, 15) is 0 Å². The molecule has 0 aromatic heterocycles. The molecule has 0 radical (unpaired) electrons. The van der Waals surface area contributed by atoms with E-state index in [4.69, 9.17) is 5.11 Å². The van der Waals surface area contributed by atoms with Gasteiger partial charge >= 0.3 is 51.1 Å². The van der Waals surface area contributed by atoms with Crippen LogP contribution < -0.4 is 0 Å². The van der Waals surface area contributed by atoms with Gasteiger partial charge < -0.3 is 0 Å². The molecule has 0 aromatic rings. The Hall–Kier alpha value is 0.895. The van der Waals surface area contributed by atoms with Gasteiger partial charge in [0.25, 0.3) is 0 Å². The van der Waals surface area contributed by atoms with Crippen molar-refractivity contribution in [3.63, 3.8) is 0 Å². The van der Waals surface area contributed by atoms with E-state index in [1.165, 1.54) is 0 Å². The van der Waals surface area contributed by atoms with Gasteiger partial charge in [-0.2, -0.15) is 0 Å². The van der Waals surface area contributed by atoms with Gasteiger partial charge in [0.2, 0.25) is 0 Å². The first kappa shape index (κ1) is 6.90. The number of hydrogen-bond acceptors (Lipinski definition) is 1. The van der Waals surface area contributed by atoms with Gasteiger partial charge in [-0.05, 0) is 0 Å². The minimum absolute atomic E-state index is 0.157. The van der Waals surface area contributed by atoms with Crippen molar-refractivity contribution in [3.05, 3.63) is 0 Å². The van der Waals surface area contributed by atoms with E-state index < -0.39 is 24.6 Å². The van der Waals surface area contributed by atoms with E-state index in [0.717, 1.165) is 6.42 Å². The monoisotopic (exact) mass is 276 g/mol. The van der Waals surface area contributed by atoms with Crippen molar-refractivity contribution in [1.82, 2.24) is 0 Å². The van der Waals surface area contributed by atoms with Crippen LogP contribution in [0.3, 0.4) is 0 Å². The Labute approximate surface area is 51.2 Å². The Morgan fingerprint density at radius 1 is 1.83 bits per heavy atom. The molecular formula is C4H10HgO. The van der Waals surface area contributed by atoms with Gasteiger partial charge in [-0.1, -0.05) is 0 Å². The molecule has 0 saturated heterocycles. The van der Waals surface area contributed by atoms with E-state index in [0.29, 0.717) is 0 Å². The summed E-state index contributed by atoms with van der Waals surface area (Å²) in [7, 11) is 0. The molecule has 1 atom stereocenters. The Morgan fingerprint density at radius 2 is 2.33 bits per heavy atom. The zero-order valence-corrected chi connectivity index (χ0v) is 9.94. The van der Waals surface area contributed by atoms with Crippen LogP contribution in [0.25, 0.3) is 0 Å². The van der Waals surface area contributed by atoms with Crippen LogP contribution in [0.2, 0.25) is 4.43 Å². The molecule has 0 spiro atoms. The summed E-state index contributed by atoms with van der Waals surface area (Å²) in [6.45, 7) is 2.04. The molecule has 0 heterocycles. The maximum atomic E-state index is 8.77. The summed E-state index contributed by atoms with van der Waals surface area (Å²) in [5.41, 5.74) is 0. The molecule has 0 aromatic carbocycles. The molecule has 1 nitrogen and oxygen atoms in total. The molecule has 2 heteroatoms. The Morgan fingerprint density at radius 3 is 2.33 bits per heavy atom. The van der Waals surface area contributed by atoms with Crippen LogP contribution in [0.4, 0.5) is 0 Å². The zero-order chi connectivity index (χ0) is 4.99. The summed E-state index contributed by atoms with van der Waals surface area (Å²) in [6, 6.07) is 0. The summed E-state index contributed by atoms with van der Waals surface area (Å²) in [6.07, 6.45) is 0.984. The van der Waals surface area contributed by atoms with Gasteiger partial charge in [0.05, 0.1) is 0 Å². The second-order valence-electron chi connectivity index (χ2n) is 1.47. The average Bonchev–Trinajstić information content (AvgIpc) is 1.65. The SMILES string of the molecule is CC[CH](O)[Hg][CH3]. The molecule has 0 fully saturated rings. The summed E-state index contributed by atoms with van der Waals surface area (Å²) >= 11 is -0.701. The topological polar surface area (TPSA) is 20.2 Å². The zero-order valence-electron chi connectivity index (χ0n) is 4.44. The normalized spacial score (nSPS) is 13.2. The van der Waals surface area contributed by atoms with Crippen LogP contribution in [0.15, 0.2) is 0 Å². The summed E-state index contributed by atoms with van der Waals surface area (Å²) in [4.78, 5) is 0. The number of aliphatic hydroxyl groups excluding tert-OH is 1. The first-order valence-corrected chi connectivity index (χ1v) is 11.2. The van der Waals surface area contributed by atoms with Crippen molar-refractivity contribution in [1.29, 1.82) is 0 Å². The molecule has 0 saturated carbocycles. The van der Waals surface area contributed by atoms with Crippen molar-refractivity contribution < 1.29 is 29.7 Å². The molecule has 0 aliphatic carbocycles. The van der Waals surface area contributed by atoms with E-state index in [2.05, 4.69) is 4.43 Å². The Balaban J connectivity index is 2.75. The number of aliphatic hydroxyl groups is 1. The number of rotatable bonds is 2. The molecule has 0 bridgehead atoms. The summed E-state index contributed by atoms with van der Waals surface area (Å²) in [5.74, 6) is 0. The Bertz CT molecular complexity index is 26.7. The van der Waals surface area contributed by atoms with Gasteiger partial charge in [0.15, 0.2) is 0 Å². The fourth-order valence-corrected chi connectivity index (χ4v) is 2.53. The molecule has 0 aliphatic heterocycles. The third-order valence-electron chi connectivity index (χ3n) is 0.942. The molecule has 0 amide bonds. The van der Waals surface area contributed by atoms with Crippen LogP contribution in [-0.4, -0.2) is 8.72 Å². The quantitative estimate of drug-likeness (QED) is 0.740. The molecular weight excluding hydrogens is 265 g/mol. The van der Waals surface area contributed by atoms with Gasteiger partial charge in [-0.15, -0.1) is 0 Å². The second-order valence-corrected chi connectivity index (χ2v) is 8.31. The second kappa shape index (κ2) is 4.06. The fraction of sp³-hybridized carbons (Fsp3) is 1.00. The summed E-state index contributed by atoms with van der Waals surface area (Å²) < 4.78 is 2.36. The van der Waals surface area contributed by atoms with Crippen LogP contribution >= 0.6 is 0 Å². The standard InChI is InChI=1S/C3H7O.CH3.Hg/c1-2-3-4;;/h3-4H,2H2,1H3;1H3;. The minimum atomic E-state index is -0.701. The molecule has 6 heavy (non-hydrogen) atoms. The van der Waals surface area contributed by atoms with Crippen LogP contribution in [0, 0.1) is 0 Å². The van der Waals surface area contributed by atoms with Crippen molar-refractivity contribution >= 4 is 0 Å². The first-order chi connectivity index (χ1) is 2.81. The van der Waals surface area contributed by atoms with Crippen molar-refractivity contribution in [3.8, 4) is 0 Å². The predicted molar refractivity (Wildman–Crippen MR) is 22.2 cm³/mol. The van der Waals surface area contributed by atoms with Crippen molar-refractivity contribution in [2.45, 2.75) is 21.4 Å². The van der Waals surface area contributed by atoms with E-state index >= 15 is 0 Å². The van der Waals surface area contributed by atoms with Crippen molar-refractivity contribution in [2.75, 3.05) is 0 Å². The van der Waals surface area contributed by atoms with Gasteiger partial charge in [-0.3, -0.25) is 0 Å². The first-order valence-electron chi connectivity index (χ1n) is 2.49. The third-order valence-corrected chi connectivity index (χ3v) is 6.85. The molecule has 0 rings (SSSR count). The number of hydrogen-bond donors (Lipinski definition) is 1. The van der Waals surface area contributed by atoms with E-state index in [1.54, 1.807) is 0 Å². The van der Waals surface area contributed by atoms with Gasteiger partial charge in [0.1, 0.15) is 0 Å². The third kappa shape index (κ3) is 3.10.